The number of hydrogen-bond acceptors (Lipinski definition) is 2. The predicted molar refractivity (Wildman–Crippen MR) is 92.4 cm³/mol. The average molecular weight is 316 g/mol. The molecule has 1 aliphatic rings. The van der Waals surface area contributed by atoms with Crippen LogP contribution < -0.4 is 5.32 Å². The molecule has 0 bridgehead atoms. The summed E-state index contributed by atoms with van der Waals surface area (Å²) in [6.45, 7) is 9.59. The number of likely N-dealkylation sites (tertiary alicyclic amines) is 1. The number of hydrogen-bond donors (Lipinski definition) is 1. The lowest BCUT2D eigenvalue weighted by Gasteiger charge is -2.32. The zero-order valence-electron chi connectivity index (χ0n) is 14.7. The van der Waals surface area contributed by atoms with E-state index in [1.54, 1.807) is 0 Å². The smallest absolute Gasteiger partial charge is 0.253 e. The van der Waals surface area contributed by atoms with Crippen molar-refractivity contribution in [2.75, 3.05) is 13.1 Å². The highest BCUT2D eigenvalue weighted by Crippen LogP contribution is 2.16. The number of piperidine rings is 1. The zero-order valence-corrected chi connectivity index (χ0v) is 14.7. The number of nitrogens with one attached hydrogen (secondary N) is 1. The molecular formula is C19H28N2O2. The van der Waals surface area contributed by atoms with E-state index in [1.807, 2.05) is 43.9 Å². The van der Waals surface area contributed by atoms with Gasteiger partial charge in [-0.25, -0.2) is 0 Å². The molecule has 0 saturated carbocycles. The van der Waals surface area contributed by atoms with Crippen LogP contribution in [-0.4, -0.2) is 35.8 Å². The molecule has 1 saturated heterocycles. The molecule has 0 radical (unpaired) electrons. The van der Waals surface area contributed by atoms with Gasteiger partial charge in [0.1, 0.15) is 0 Å². The van der Waals surface area contributed by atoms with Crippen LogP contribution in [0.3, 0.4) is 0 Å². The normalized spacial score (nSPS) is 15.8. The van der Waals surface area contributed by atoms with E-state index in [0.717, 1.165) is 24.0 Å². The summed E-state index contributed by atoms with van der Waals surface area (Å²) in [5.41, 5.74) is 3.11. The highest BCUT2D eigenvalue weighted by atomic mass is 16.2. The van der Waals surface area contributed by atoms with E-state index in [2.05, 4.69) is 12.2 Å². The molecule has 0 unspecified atom stereocenters. The van der Waals surface area contributed by atoms with Crippen molar-refractivity contribution in [1.29, 1.82) is 0 Å². The average Bonchev–Trinajstić information content (AvgIpc) is 2.49. The van der Waals surface area contributed by atoms with Crippen LogP contribution in [0.25, 0.3) is 0 Å². The summed E-state index contributed by atoms with van der Waals surface area (Å²) in [6, 6.07) is 6.07. The molecule has 1 heterocycles. The van der Waals surface area contributed by atoms with Crippen molar-refractivity contribution in [1.82, 2.24) is 10.2 Å². The van der Waals surface area contributed by atoms with Gasteiger partial charge < -0.3 is 10.2 Å². The SMILES string of the molecule is Cc1ccc(C(=O)N2CCC(NC(=O)CC(C)C)CC2)cc1C. The standard InChI is InChI=1S/C19H28N2O2/c1-13(2)11-18(22)20-17-7-9-21(10-8-17)19(23)16-6-5-14(3)15(4)12-16/h5-6,12-13,17H,7-11H2,1-4H3,(H,20,22). The summed E-state index contributed by atoms with van der Waals surface area (Å²) >= 11 is 0. The number of nitrogens with zero attached hydrogens (tertiary/aromatic N) is 1. The van der Waals surface area contributed by atoms with E-state index >= 15 is 0 Å². The van der Waals surface area contributed by atoms with Crippen LogP contribution in [0.15, 0.2) is 18.2 Å². The van der Waals surface area contributed by atoms with Gasteiger partial charge in [0.15, 0.2) is 0 Å². The van der Waals surface area contributed by atoms with Crippen molar-refractivity contribution in [3.63, 3.8) is 0 Å². The second-order valence-corrected chi connectivity index (χ2v) is 7.03. The van der Waals surface area contributed by atoms with Gasteiger partial charge in [0.25, 0.3) is 5.91 Å². The summed E-state index contributed by atoms with van der Waals surface area (Å²) in [5.74, 6) is 0.598. The summed E-state index contributed by atoms with van der Waals surface area (Å²) in [6.07, 6.45) is 2.24. The van der Waals surface area contributed by atoms with Crippen LogP contribution >= 0.6 is 0 Å². The molecule has 4 nitrogen and oxygen atoms in total. The zero-order chi connectivity index (χ0) is 17.0. The fraction of sp³-hybridized carbons (Fsp3) is 0.579. The van der Waals surface area contributed by atoms with Gasteiger partial charge in [-0.15, -0.1) is 0 Å². The van der Waals surface area contributed by atoms with Gasteiger partial charge in [-0.05, 0) is 55.9 Å². The number of aryl methyl sites for hydroxylation is 2. The maximum Gasteiger partial charge on any atom is 0.253 e. The van der Waals surface area contributed by atoms with Crippen LogP contribution in [0.1, 0.15) is 54.6 Å². The van der Waals surface area contributed by atoms with Crippen LogP contribution in [0, 0.1) is 19.8 Å². The van der Waals surface area contributed by atoms with E-state index in [4.69, 9.17) is 0 Å². The van der Waals surface area contributed by atoms with E-state index in [1.165, 1.54) is 5.56 Å². The first-order valence-electron chi connectivity index (χ1n) is 8.52. The van der Waals surface area contributed by atoms with Gasteiger partial charge in [-0.3, -0.25) is 9.59 Å². The largest absolute Gasteiger partial charge is 0.353 e. The van der Waals surface area contributed by atoms with Crippen LogP contribution in [0.2, 0.25) is 0 Å². The van der Waals surface area contributed by atoms with Crippen molar-refractivity contribution in [3.8, 4) is 0 Å². The summed E-state index contributed by atoms with van der Waals surface area (Å²) < 4.78 is 0. The lowest BCUT2D eigenvalue weighted by atomic mass is 10.0. The van der Waals surface area contributed by atoms with Crippen LogP contribution in [-0.2, 0) is 4.79 Å². The fourth-order valence-corrected chi connectivity index (χ4v) is 2.94. The van der Waals surface area contributed by atoms with Crippen molar-refractivity contribution in [3.05, 3.63) is 34.9 Å². The molecule has 2 rings (SSSR count). The van der Waals surface area contributed by atoms with E-state index in [-0.39, 0.29) is 17.9 Å². The molecule has 126 valence electrons. The Hall–Kier alpha value is -1.84. The lowest BCUT2D eigenvalue weighted by molar-refractivity contribution is -0.122. The van der Waals surface area contributed by atoms with Gasteiger partial charge in [-0.2, -0.15) is 0 Å². The highest BCUT2D eigenvalue weighted by Gasteiger charge is 2.24. The maximum absolute atomic E-state index is 12.6. The van der Waals surface area contributed by atoms with E-state index in [9.17, 15) is 9.59 Å². The monoisotopic (exact) mass is 316 g/mol. The molecule has 0 aliphatic carbocycles. The number of benzene rings is 1. The Bertz CT molecular complexity index is 573. The Balaban J connectivity index is 1.87. The molecule has 1 aromatic rings. The topological polar surface area (TPSA) is 49.4 Å². The van der Waals surface area contributed by atoms with Crippen LogP contribution in [0.4, 0.5) is 0 Å². The molecule has 0 aromatic heterocycles. The summed E-state index contributed by atoms with van der Waals surface area (Å²) in [4.78, 5) is 26.3. The Labute approximate surface area is 139 Å². The number of carbonyl (C=O) groups excluding carboxylic acids is 2. The Morgan fingerprint density at radius 1 is 1.17 bits per heavy atom. The molecule has 1 N–H and O–H groups in total. The number of amides is 2. The van der Waals surface area contributed by atoms with Crippen molar-refractivity contribution >= 4 is 11.8 Å². The number of rotatable bonds is 4. The molecule has 0 atom stereocenters. The fourth-order valence-electron chi connectivity index (χ4n) is 2.94. The molecule has 1 aliphatic heterocycles. The third-order valence-corrected chi connectivity index (χ3v) is 4.49. The van der Waals surface area contributed by atoms with Gasteiger partial charge in [0, 0.05) is 31.1 Å². The minimum atomic E-state index is 0.0973. The van der Waals surface area contributed by atoms with Crippen LogP contribution in [0.5, 0.6) is 0 Å². The highest BCUT2D eigenvalue weighted by molar-refractivity contribution is 5.94. The first-order valence-corrected chi connectivity index (χ1v) is 8.52. The van der Waals surface area contributed by atoms with Gasteiger partial charge >= 0.3 is 0 Å². The second-order valence-electron chi connectivity index (χ2n) is 7.03. The van der Waals surface area contributed by atoms with E-state index < -0.39 is 0 Å². The predicted octanol–water partition coefficient (Wildman–Crippen LogP) is 3.07. The first-order chi connectivity index (χ1) is 10.9. The molecule has 0 spiro atoms. The molecule has 1 aromatic carbocycles. The maximum atomic E-state index is 12.6. The quantitative estimate of drug-likeness (QED) is 0.928. The molecule has 2 amide bonds. The Morgan fingerprint density at radius 3 is 2.39 bits per heavy atom. The number of carbonyl (C=O) groups is 2. The first kappa shape index (κ1) is 17.5. The molecule has 23 heavy (non-hydrogen) atoms. The minimum absolute atomic E-state index is 0.0973. The Kier molecular flexibility index (Phi) is 5.80. The summed E-state index contributed by atoms with van der Waals surface area (Å²) in [7, 11) is 0. The van der Waals surface area contributed by atoms with Gasteiger partial charge in [-0.1, -0.05) is 19.9 Å². The molecule has 1 fully saturated rings. The minimum Gasteiger partial charge on any atom is -0.353 e. The third kappa shape index (κ3) is 4.81. The molecule has 4 heteroatoms. The van der Waals surface area contributed by atoms with Gasteiger partial charge in [0.2, 0.25) is 5.91 Å². The molecular weight excluding hydrogens is 288 g/mol. The summed E-state index contributed by atoms with van der Waals surface area (Å²) in [5, 5.41) is 3.09. The van der Waals surface area contributed by atoms with Gasteiger partial charge in [0.05, 0.1) is 0 Å². The second kappa shape index (κ2) is 7.62. The third-order valence-electron chi connectivity index (χ3n) is 4.49. The van der Waals surface area contributed by atoms with E-state index in [0.29, 0.717) is 25.4 Å². The van der Waals surface area contributed by atoms with Crippen molar-refractivity contribution in [2.45, 2.75) is 53.0 Å². The van der Waals surface area contributed by atoms with Crippen molar-refractivity contribution < 1.29 is 9.59 Å². The lowest BCUT2D eigenvalue weighted by Crippen LogP contribution is -2.46. The Morgan fingerprint density at radius 2 is 1.83 bits per heavy atom. The van der Waals surface area contributed by atoms with Crippen molar-refractivity contribution in [2.24, 2.45) is 5.92 Å².